The molecule has 3 rings (SSSR count). The van der Waals surface area contributed by atoms with Crippen molar-refractivity contribution in [3.8, 4) is 11.1 Å². The van der Waals surface area contributed by atoms with Crippen LogP contribution in [0, 0.1) is 5.82 Å². The molecule has 0 fully saturated rings. The third-order valence-electron chi connectivity index (χ3n) is 3.60. The second kappa shape index (κ2) is 10.1. The summed E-state index contributed by atoms with van der Waals surface area (Å²) < 4.78 is 35.5. The van der Waals surface area contributed by atoms with E-state index in [0.717, 1.165) is 24.6 Å². The Bertz CT molecular complexity index is 1220. The molecule has 1 aromatic heterocycles. The lowest BCUT2D eigenvalue weighted by Gasteiger charge is -2.06. The van der Waals surface area contributed by atoms with E-state index in [4.69, 9.17) is 22.0 Å². The van der Waals surface area contributed by atoms with Crippen molar-refractivity contribution in [3.63, 3.8) is 0 Å². The minimum absolute atomic E-state index is 0.116. The number of sulfone groups is 1. The molecule has 0 atom stereocenters. The van der Waals surface area contributed by atoms with Crippen molar-refractivity contribution in [3.05, 3.63) is 76.8 Å². The molecular weight excluding hydrogens is 455 g/mol. The van der Waals surface area contributed by atoms with Gasteiger partial charge in [0.15, 0.2) is 5.69 Å². The maximum Gasteiger partial charge on any atom is 0.372 e. The fourth-order valence-corrected chi connectivity index (χ4v) is 2.91. The van der Waals surface area contributed by atoms with Gasteiger partial charge in [0.25, 0.3) is 0 Å². The van der Waals surface area contributed by atoms with Crippen LogP contribution in [0.25, 0.3) is 11.1 Å². The molecule has 0 aliphatic rings. The van der Waals surface area contributed by atoms with E-state index in [-0.39, 0.29) is 11.1 Å². The molecule has 0 bridgehead atoms. The monoisotopic (exact) mass is 468 g/mol. The standard InChI is InChI=1S/C12H9FN2O4S.C7H5ClO3/c1-20(18,19)12-14-6-9(10(15-12)11(16)17)7-2-4-8(13)5-3-7;8-6-3-1-2-5(4-6)7(9)11-10/h2-6H,1H3,(H,16,17);1-4,10H. The molecule has 3 aromatic rings. The number of carbonyl (C=O) groups excluding carboxylic acids is 1. The van der Waals surface area contributed by atoms with E-state index in [1.807, 2.05) is 0 Å². The van der Waals surface area contributed by atoms with Crippen LogP contribution in [0.15, 0.2) is 59.9 Å². The zero-order chi connectivity index (χ0) is 23.2. The van der Waals surface area contributed by atoms with Crippen LogP contribution in [0.5, 0.6) is 0 Å². The first-order valence-electron chi connectivity index (χ1n) is 8.20. The summed E-state index contributed by atoms with van der Waals surface area (Å²) in [5.41, 5.74) is 0.265. The number of halogens is 2. The Kier molecular flexibility index (Phi) is 7.75. The molecule has 0 aliphatic carbocycles. The van der Waals surface area contributed by atoms with Gasteiger partial charge in [-0.2, -0.15) is 5.26 Å². The van der Waals surface area contributed by atoms with Crippen LogP contribution in [0.4, 0.5) is 4.39 Å². The summed E-state index contributed by atoms with van der Waals surface area (Å²) in [4.78, 5) is 32.5. The molecule has 0 aliphatic heterocycles. The molecule has 0 radical (unpaired) electrons. The Labute approximate surface area is 180 Å². The van der Waals surface area contributed by atoms with Crippen LogP contribution in [-0.2, 0) is 14.7 Å². The van der Waals surface area contributed by atoms with Crippen molar-refractivity contribution in [2.45, 2.75) is 5.16 Å². The van der Waals surface area contributed by atoms with Gasteiger partial charge < -0.3 is 5.11 Å². The van der Waals surface area contributed by atoms with Crippen molar-refractivity contribution in [2.75, 3.05) is 6.26 Å². The maximum atomic E-state index is 12.9. The van der Waals surface area contributed by atoms with E-state index >= 15 is 0 Å². The van der Waals surface area contributed by atoms with Crippen molar-refractivity contribution >= 4 is 33.4 Å². The largest absolute Gasteiger partial charge is 0.476 e. The van der Waals surface area contributed by atoms with E-state index in [1.54, 1.807) is 12.1 Å². The van der Waals surface area contributed by atoms with Crippen molar-refractivity contribution in [1.82, 2.24) is 9.97 Å². The molecule has 0 unspecified atom stereocenters. The summed E-state index contributed by atoms with van der Waals surface area (Å²) in [7, 11) is -3.71. The number of hydrogen-bond acceptors (Lipinski definition) is 8. The first-order chi connectivity index (χ1) is 14.5. The van der Waals surface area contributed by atoms with Gasteiger partial charge in [0, 0.05) is 23.0 Å². The molecule has 12 heteroatoms. The molecule has 0 saturated heterocycles. The lowest BCUT2D eigenvalue weighted by Crippen LogP contribution is -2.11. The quantitative estimate of drug-likeness (QED) is 0.334. The molecule has 31 heavy (non-hydrogen) atoms. The van der Waals surface area contributed by atoms with Crippen LogP contribution < -0.4 is 0 Å². The summed E-state index contributed by atoms with van der Waals surface area (Å²) in [6.07, 6.45) is 1.98. The minimum Gasteiger partial charge on any atom is -0.476 e. The Hall–Kier alpha value is -3.41. The third-order valence-corrected chi connectivity index (χ3v) is 4.69. The van der Waals surface area contributed by atoms with Gasteiger partial charge in [0.05, 0.1) is 5.56 Å². The molecule has 0 spiro atoms. The second-order valence-corrected chi connectivity index (χ2v) is 8.23. The third kappa shape index (κ3) is 6.54. The number of hydrogen-bond donors (Lipinski definition) is 2. The van der Waals surface area contributed by atoms with Crippen molar-refractivity contribution < 1.29 is 37.6 Å². The number of benzene rings is 2. The van der Waals surface area contributed by atoms with Gasteiger partial charge in [-0.25, -0.2) is 32.4 Å². The average Bonchev–Trinajstić information content (AvgIpc) is 2.73. The number of aromatic carboxylic acids is 1. The number of nitrogens with zero attached hydrogens (tertiary/aromatic N) is 2. The molecule has 1 heterocycles. The number of carboxylic acids is 1. The summed E-state index contributed by atoms with van der Waals surface area (Å²) in [6, 6.07) is 11.1. The first kappa shape index (κ1) is 23.9. The minimum atomic E-state index is -3.71. The van der Waals surface area contributed by atoms with Gasteiger partial charge in [0.2, 0.25) is 15.0 Å². The Balaban J connectivity index is 0.000000262. The van der Waals surface area contributed by atoms with Gasteiger partial charge in [-0.15, -0.1) is 0 Å². The second-order valence-electron chi connectivity index (χ2n) is 5.89. The fourth-order valence-electron chi connectivity index (χ4n) is 2.22. The average molecular weight is 469 g/mol. The van der Waals surface area contributed by atoms with E-state index in [9.17, 15) is 22.4 Å². The van der Waals surface area contributed by atoms with Crippen LogP contribution in [0.3, 0.4) is 0 Å². The SMILES string of the molecule is CS(=O)(=O)c1ncc(-c2ccc(F)cc2)c(C(=O)O)n1.O=C(OO)c1cccc(Cl)c1. The Morgan fingerprint density at radius 1 is 1.13 bits per heavy atom. The topological polar surface area (TPSA) is 144 Å². The molecule has 2 aromatic carbocycles. The van der Waals surface area contributed by atoms with Gasteiger partial charge in [-0.05, 0) is 35.9 Å². The first-order valence-corrected chi connectivity index (χ1v) is 10.5. The molecule has 0 amide bonds. The molecule has 2 N–H and O–H groups in total. The predicted molar refractivity (Wildman–Crippen MR) is 107 cm³/mol. The maximum absolute atomic E-state index is 12.9. The van der Waals surface area contributed by atoms with E-state index < -0.39 is 38.4 Å². The molecule has 162 valence electrons. The summed E-state index contributed by atoms with van der Waals surface area (Å²) >= 11 is 5.56. The Morgan fingerprint density at radius 2 is 1.77 bits per heavy atom. The van der Waals surface area contributed by atoms with Crippen molar-refractivity contribution in [1.29, 1.82) is 0 Å². The summed E-state index contributed by atoms with van der Waals surface area (Å²) in [6.45, 7) is 0. The van der Waals surface area contributed by atoms with Gasteiger partial charge in [-0.1, -0.05) is 29.8 Å². The van der Waals surface area contributed by atoms with Gasteiger partial charge >= 0.3 is 11.9 Å². The summed E-state index contributed by atoms with van der Waals surface area (Å²) in [5, 5.41) is 17.0. The number of carbonyl (C=O) groups is 2. The Morgan fingerprint density at radius 3 is 2.29 bits per heavy atom. The highest BCUT2D eigenvalue weighted by Crippen LogP contribution is 2.23. The molecule has 0 saturated carbocycles. The number of rotatable bonds is 4. The van der Waals surface area contributed by atoms with E-state index in [2.05, 4.69) is 14.9 Å². The zero-order valence-electron chi connectivity index (χ0n) is 15.7. The van der Waals surface area contributed by atoms with Crippen LogP contribution in [-0.4, -0.2) is 46.9 Å². The fraction of sp³-hybridized carbons (Fsp3) is 0.0526. The highest BCUT2D eigenvalue weighted by atomic mass is 35.5. The normalized spacial score (nSPS) is 10.6. The van der Waals surface area contributed by atoms with Gasteiger partial charge in [0.1, 0.15) is 5.82 Å². The zero-order valence-corrected chi connectivity index (χ0v) is 17.3. The van der Waals surface area contributed by atoms with Crippen molar-refractivity contribution in [2.24, 2.45) is 0 Å². The van der Waals surface area contributed by atoms with Crippen LogP contribution in [0.1, 0.15) is 20.8 Å². The highest BCUT2D eigenvalue weighted by molar-refractivity contribution is 7.90. The highest BCUT2D eigenvalue weighted by Gasteiger charge is 2.19. The number of aromatic nitrogens is 2. The smallest absolute Gasteiger partial charge is 0.372 e. The number of carboxylic acid groups (broad SMARTS) is 1. The van der Waals surface area contributed by atoms with E-state index in [1.165, 1.54) is 24.3 Å². The van der Waals surface area contributed by atoms with Crippen LogP contribution >= 0.6 is 11.6 Å². The predicted octanol–water partition coefficient (Wildman–Crippen LogP) is 3.35. The lowest BCUT2D eigenvalue weighted by atomic mass is 10.1. The van der Waals surface area contributed by atoms with Gasteiger partial charge in [-0.3, -0.25) is 4.89 Å². The van der Waals surface area contributed by atoms with Crippen LogP contribution in [0.2, 0.25) is 5.02 Å². The lowest BCUT2D eigenvalue weighted by molar-refractivity contribution is -0.182. The molecule has 9 nitrogen and oxygen atoms in total. The summed E-state index contributed by atoms with van der Waals surface area (Å²) in [5.74, 6) is -2.68. The van der Waals surface area contributed by atoms with E-state index in [0.29, 0.717) is 10.6 Å². The molecular formula is C19H14ClFN2O7S.